The minimum absolute atomic E-state index is 0.191. The Kier molecular flexibility index (Phi) is 13.6. The molecule has 0 aliphatic heterocycles. The van der Waals surface area contributed by atoms with E-state index in [2.05, 4.69) is 0 Å². The van der Waals surface area contributed by atoms with E-state index in [1.54, 1.807) is 0 Å². The predicted octanol–water partition coefficient (Wildman–Crippen LogP) is -0.200. The van der Waals surface area contributed by atoms with E-state index in [9.17, 15) is 38.4 Å². The van der Waals surface area contributed by atoms with Crippen LogP contribution in [-0.4, -0.2) is 100 Å². The van der Waals surface area contributed by atoms with Crippen LogP contribution in [0.3, 0.4) is 0 Å². The highest BCUT2D eigenvalue weighted by atomic mass is 19.4. The molecule has 0 heterocycles. The average molecular weight is 419 g/mol. The number of aliphatic hydroxyl groups excluding tert-OH is 5. The average Bonchev–Trinajstić information content (AvgIpc) is 2.63. The molecule has 0 aromatic heterocycles. The fourth-order valence-electron chi connectivity index (χ4n) is 2.37. The molecule has 11 heteroatoms. The number of rotatable bonds is 15. The van der Waals surface area contributed by atoms with Gasteiger partial charge in [-0.2, -0.15) is 13.2 Å². The van der Waals surface area contributed by atoms with Crippen LogP contribution in [0.4, 0.5) is 13.2 Å². The molecule has 0 aliphatic carbocycles. The van der Waals surface area contributed by atoms with Crippen molar-refractivity contribution in [1.82, 2.24) is 4.90 Å². The maximum Gasteiger partial charge on any atom is 0.391 e. The number of carbonyl (C=O) groups excluding carboxylic acids is 1. The lowest BCUT2D eigenvalue weighted by atomic mass is 10.0. The monoisotopic (exact) mass is 419 g/mol. The Morgan fingerprint density at radius 1 is 0.964 bits per heavy atom. The Balaban J connectivity index is 3.86. The highest BCUT2D eigenvalue weighted by Crippen LogP contribution is 2.19. The first-order valence-electron chi connectivity index (χ1n) is 9.21. The fourth-order valence-corrected chi connectivity index (χ4v) is 2.37. The maximum atomic E-state index is 12.0. The summed E-state index contributed by atoms with van der Waals surface area (Å²) in [5.74, 6) is -0.287. The number of amides is 1. The van der Waals surface area contributed by atoms with Gasteiger partial charge in [0.05, 0.1) is 19.6 Å². The highest BCUT2D eigenvalue weighted by molar-refractivity contribution is 5.75. The van der Waals surface area contributed by atoms with Crippen LogP contribution < -0.4 is 0 Å². The molecule has 8 nitrogen and oxygen atoms in total. The molecule has 5 N–H and O–H groups in total. The second-order valence-electron chi connectivity index (χ2n) is 6.71. The molecule has 4 atom stereocenters. The van der Waals surface area contributed by atoms with Crippen molar-refractivity contribution in [2.45, 2.75) is 69.1 Å². The summed E-state index contributed by atoms with van der Waals surface area (Å²) >= 11 is 0. The smallest absolute Gasteiger partial charge is 0.391 e. The van der Waals surface area contributed by atoms with Gasteiger partial charge in [0.15, 0.2) is 0 Å². The number of halogens is 3. The molecular weight excluding hydrogens is 387 g/mol. The van der Waals surface area contributed by atoms with Crippen molar-refractivity contribution in [3.05, 3.63) is 0 Å². The molecule has 0 saturated heterocycles. The zero-order valence-electron chi connectivity index (χ0n) is 16.0. The third-order valence-corrected chi connectivity index (χ3v) is 4.17. The Morgan fingerprint density at radius 2 is 1.54 bits per heavy atom. The summed E-state index contributed by atoms with van der Waals surface area (Å²) < 4.78 is 40.6. The van der Waals surface area contributed by atoms with Gasteiger partial charge in [-0.25, -0.2) is 0 Å². The number of unbranched alkanes of at least 4 members (excludes halogenated alkanes) is 3. The summed E-state index contributed by atoms with van der Waals surface area (Å²) in [6.45, 7) is -1.17. The van der Waals surface area contributed by atoms with Crippen LogP contribution in [0, 0.1) is 0 Å². The minimum atomic E-state index is -4.22. The first-order valence-corrected chi connectivity index (χ1v) is 9.21. The van der Waals surface area contributed by atoms with E-state index in [-0.39, 0.29) is 32.1 Å². The summed E-state index contributed by atoms with van der Waals surface area (Å²) in [7, 11) is 1.42. The molecule has 0 rings (SSSR count). The van der Waals surface area contributed by atoms with Crippen LogP contribution in [0.5, 0.6) is 0 Å². The van der Waals surface area contributed by atoms with Crippen molar-refractivity contribution in [2.75, 3.05) is 33.4 Å². The maximum absolute atomic E-state index is 12.0. The summed E-state index contributed by atoms with van der Waals surface area (Å²) in [4.78, 5) is 13.2. The van der Waals surface area contributed by atoms with Crippen molar-refractivity contribution in [3.63, 3.8) is 0 Å². The molecule has 0 aromatic carbocycles. The summed E-state index contributed by atoms with van der Waals surface area (Å²) in [5, 5.41) is 47.1. The molecule has 1 amide bonds. The Labute approximate surface area is 162 Å². The molecule has 0 aromatic rings. The SMILES string of the molecule is CN(CC(O)C(O)C(O)C(O)CO)C(=O)CCCCCCOCCC(F)(F)F. The van der Waals surface area contributed by atoms with Crippen molar-refractivity contribution in [3.8, 4) is 0 Å². The van der Waals surface area contributed by atoms with E-state index < -0.39 is 43.6 Å². The number of carbonyl (C=O) groups is 1. The number of likely N-dealkylation sites (N-methyl/N-ethyl adjacent to an activating group) is 1. The van der Waals surface area contributed by atoms with Gasteiger partial charge in [-0.1, -0.05) is 12.8 Å². The van der Waals surface area contributed by atoms with Crippen LogP contribution in [0.15, 0.2) is 0 Å². The first kappa shape index (κ1) is 27.0. The highest BCUT2D eigenvalue weighted by Gasteiger charge is 2.31. The van der Waals surface area contributed by atoms with Gasteiger partial charge in [-0.3, -0.25) is 4.79 Å². The van der Waals surface area contributed by atoms with Crippen molar-refractivity contribution in [1.29, 1.82) is 0 Å². The topological polar surface area (TPSA) is 131 Å². The lowest BCUT2D eigenvalue weighted by Crippen LogP contribution is -2.49. The molecule has 0 spiro atoms. The van der Waals surface area contributed by atoms with Crippen LogP contribution in [0.2, 0.25) is 0 Å². The van der Waals surface area contributed by atoms with Gasteiger partial charge in [0.25, 0.3) is 0 Å². The van der Waals surface area contributed by atoms with Crippen LogP contribution >= 0.6 is 0 Å². The normalized spacial score (nSPS) is 16.5. The minimum Gasteiger partial charge on any atom is -0.394 e. The van der Waals surface area contributed by atoms with Crippen molar-refractivity contribution < 1.29 is 48.2 Å². The molecule has 0 radical (unpaired) electrons. The van der Waals surface area contributed by atoms with Crippen molar-refractivity contribution in [2.24, 2.45) is 0 Å². The third-order valence-electron chi connectivity index (χ3n) is 4.17. The van der Waals surface area contributed by atoms with Gasteiger partial charge in [0.2, 0.25) is 5.91 Å². The van der Waals surface area contributed by atoms with E-state index in [1.165, 1.54) is 11.9 Å². The number of nitrogens with zero attached hydrogens (tertiary/aromatic N) is 1. The molecule has 4 unspecified atom stereocenters. The van der Waals surface area contributed by atoms with E-state index in [0.29, 0.717) is 25.7 Å². The summed E-state index contributed by atoms with van der Waals surface area (Å²) in [6.07, 6.45) is -9.04. The predicted molar refractivity (Wildman–Crippen MR) is 93.3 cm³/mol. The van der Waals surface area contributed by atoms with Crippen LogP contribution in [0.1, 0.15) is 38.5 Å². The van der Waals surface area contributed by atoms with Gasteiger partial charge in [0.1, 0.15) is 24.4 Å². The van der Waals surface area contributed by atoms with E-state index in [4.69, 9.17) is 9.84 Å². The largest absolute Gasteiger partial charge is 0.394 e. The first-order chi connectivity index (χ1) is 13.0. The molecular formula is C17H32F3NO7. The lowest BCUT2D eigenvalue weighted by Gasteiger charge is -2.28. The van der Waals surface area contributed by atoms with Gasteiger partial charge >= 0.3 is 6.18 Å². The number of hydrogen-bond donors (Lipinski definition) is 5. The Morgan fingerprint density at radius 3 is 2.11 bits per heavy atom. The quantitative estimate of drug-likeness (QED) is 0.232. The number of aliphatic hydroxyl groups is 5. The summed E-state index contributed by atoms with van der Waals surface area (Å²) in [6, 6.07) is 0. The van der Waals surface area contributed by atoms with Gasteiger partial charge in [-0.15, -0.1) is 0 Å². The molecule has 168 valence electrons. The second-order valence-corrected chi connectivity index (χ2v) is 6.71. The van der Waals surface area contributed by atoms with Crippen molar-refractivity contribution >= 4 is 5.91 Å². The standard InChI is InChI=1S/C17H32F3NO7/c1-21(10-12(23)15(26)16(27)13(24)11-22)14(25)6-4-2-3-5-8-28-9-7-17(18,19)20/h12-13,15-16,22-24,26-27H,2-11H2,1H3. The molecule has 0 bridgehead atoms. The van der Waals surface area contributed by atoms with E-state index >= 15 is 0 Å². The van der Waals surface area contributed by atoms with Gasteiger partial charge in [0, 0.05) is 26.6 Å². The molecule has 28 heavy (non-hydrogen) atoms. The Hall–Kier alpha value is -0.980. The molecule has 0 fully saturated rings. The lowest BCUT2D eigenvalue weighted by molar-refractivity contribution is -0.145. The van der Waals surface area contributed by atoms with Crippen LogP contribution in [-0.2, 0) is 9.53 Å². The van der Waals surface area contributed by atoms with Crippen LogP contribution in [0.25, 0.3) is 0 Å². The fraction of sp³-hybridized carbons (Fsp3) is 0.941. The number of hydrogen-bond acceptors (Lipinski definition) is 7. The second kappa shape index (κ2) is 14.1. The van der Waals surface area contributed by atoms with E-state index in [0.717, 1.165) is 0 Å². The number of alkyl halides is 3. The number of ether oxygens (including phenoxy) is 1. The summed E-state index contributed by atoms with van der Waals surface area (Å²) in [5.41, 5.74) is 0. The molecule has 0 saturated carbocycles. The Bertz CT molecular complexity index is 426. The van der Waals surface area contributed by atoms with Gasteiger partial charge < -0.3 is 35.2 Å². The van der Waals surface area contributed by atoms with E-state index in [1.807, 2.05) is 0 Å². The van der Waals surface area contributed by atoms with Gasteiger partial charge in [-0.05, 0) is 12.8 Å². The zero-order valence-corrected chi connectivity index (χ0v) is 16.0. The zero-order chi connectivity index (χ0) is 21.7. The molecule has 0 aliphatic rings. The third kappa shape index (κ3) is 12.5.